The highest BCUT2D eigenvalue weighted by atomic mass is 16.2. The van der Waals surface area contributed by atoms with Crippen LogP contribution in [0, 0.1) is 0 Å². The Morgan fingerprint density at radius 3 is 2.25 bits per heavy atom. The Labute approximate surface area is 164 Å². The molecule has 28 heavy (non-hydrogen) atoms. The van der Waals surface area contributed by atoms with E-state index >= 15 is 0 Å². The first-order valence-corrected chi connectivity index (χ1v) is 9.51. The molecule has 6 heteroatoms. The largest absolute Gasteiger partial charge is 0.334 e. The smallest absolute Gasteiger partial charge is 0.253 e. The van der Waals surface area contributed by atoms with Crippen LogP contribution in [0.15, 0.2) is 60.7 Å². The van der Waals surface area contributed by atoms with E-state index in [1.54, 1.807) is 33.9 Å². The number of carbonyl (C=O) groups is 3. The lowest BCUT2D eigenvalue weighted by Crippen LogP contribution is -2.70. The first kappa shape index (κ1) is 18.2. The van der Waals surface area contributed by atoms with Crippen molar-refractivity contribution >= 4 is 17.7 Å². The molecule has 0 N–H and O–H groups in total. The second-order valence-electron chi connectivity index (χ2n) is 7.32. The second kappa shape index (κ2) is 7.46. The molecule has 4 rings (SSSR count). The van der Waals surface area contributed by atoms with E-state index in [2.05, 4.69) is 0 Å². The molecular formula is C22H23N3O3. The maximum Gasteiger partial charge on any atom is 0.253 e. The molecule has 2 aromatic carbocycles. The normalized spacial score (nSPS) is 22.2. The SMILES string of the molecule is CN1C(=O)[C@H]2CN(C(=O)c3ccccc3)CCN2C(=O)[C@@H]1Cc1ccccc1. The third-order valence-corrected chi connectivity index (χ3v) is 5.63. The van der Waals surface area contributed by atoms with Crippen LogP contribution in [0.25, 0.3) is 0 Å². The lowest BCUT2D eigenvalue weighted by atomic mass is 9.97. The molecule has 2 heterocycles. The molecule has 0 aromatic heterocycles. The molecule has 6 nitrogen and oxygen atoms in total. The van der Waals surface area contributed by atoms with E-state index in [1.165, 1.54) is 0 Å². The van der Waals surface area contributed by atoms with Gasteiger partial charge in [-0.25, -0.2) is 0 Å². The summed E-state index contributed by atoms with van der Waals surface area (Å²) in [6, 6.07) is 17.7. The third-order valence-electron chi connectivity index (χ3n) is 5.63. The van der Waals surface area contributed by atoms with E-state index < -0.39 is 12.1 Å². The fourth-order valence-corrected chi connectivity index (χ4v) is 4.01. The molecule has 0 unspecified atom stereocenters. The molecule has 144 valence electrons. The Morgan fingerprint density at radius 1 is 0.929 bits per heavy atom. The van der Waals surface area contributed by atoms with Crippen LogP contribution < -0.4 is 0 Å². The standard InChI is InChI=1S/C22H23N3O3/c1-23-18(14-16-8-4-2-5-9-16)22(28)25-13-12-24(15-19(25)21(23)27)20(26)17-10-6-3-7-11-17/h2-11,18-19H,12-15H2,1H3/t18-,19+/m0/s1. The highest BCUT2D eigenvalue weighted by molar-refractivity contribution is 5.99. The van der Waals surface area contributed by atoms with Crippen molar-refractivity contribution in [2.45, 2.75) is 18.5 Å². The van der Waals surface area contributed by atoms with Gasteiger partial charge in [0.2, 0.25) is 11.8 Å². The van der Waals surface area contributed by atoms with Gasteiger partial charge < -0.3 is 14.7 Å². The molecule has 0 spiro atoms. The first-order chi connectivity index (χ1) is 13.6. The highest BCUT2D eigenvalue weighted by Crippen LogP contribution is 2.24. The first-order valence-electron chi connectivity index (χ1n) is 9.51. The Morgan fingerprint density at radius 2 is 1.57 bits per heavy atom. The zero-order valence-corrected chi connectivity index (χ0v) is 15.8. The summed E-state index contributed by atoms with van der Waals surface area (Å²) in [7, 11) is 1.68. The van der Waals surface area contributed by atoms with Crippen LogP contribution in [0.5, 0.6) is 0 Å². The average Bonchev–Trinajstić information content (AvgIpc) is 2.75. The number of piperazine rings is 2. The van der Waals surface area contributed by atoms with Gasteiger partial charge in [0.1, 0.15) is 12.1 Å². The number of benzene rings is 2. The summed E-state index contributed by atoms with van der Waals surface area (Å²) in [6.45, 7) is 1.05. The zero-order valence-electron chi connectivity index (χ0n) is 15.8. The quantitative estimate of drug-likeness (QED) is 0.813. The Bertz CT molecular complexity index is 884. The van der Waals surface area contributed by atoms with Crippen molar-refractivity contribution in [3.05, 3.63) is 71.8 Å². The number of rotatable bonds is 3. The molecule has 2 fully saturated rings. The molecule has 2 aliphatic heterocycles. The van der Waals surface area contributed by atoms with Crippen LogP contribution in [-0.2, 0) is 16.0 Å². The van der Waals surface area contributed by atoms with Crippen molar-refractivity contribution in [2.75, 3.05) is 26.7 Å². The van der Waals surface area contributed by atoms with Crippen LogP contribution in [0.1, 0.15) is 15.9 Å². The van der Waals surface area contributed by atoms with E-state index in [0.717, 1.165) is 5.56 Å². The zero-order chi connectivity index (χ0) is 19.7. The van der Waals surface area contributed by atoms with Gasteiger partial charge in [-0.1, -0.05) is 48.5 Å². The van der Waals surface area contributed by atoms with Crippen molar-refractivity contribution in [1.82, 2.24) is 14.7 Å². The molecule has 2 saturated heterocycles. The molecule has 2 aromatic rings. The number of carbonyl (C=O) groups excluding carboxylic acids is 3. The van der Waals surface area contributed by atoms with Gasteiger partial charge in [-0.2, -0.15) is 0 Å². The van der Waals surface area contributed by atoms with E-state index in [0.29, 0.717) is 25.1 Å². The van der Waals surface area contributed by atoms with Gasteiger partial charge in [-0.05, 0) is 17.7 Å². The van der Waals surface area contributed by atoms with Crippen LogP contribution in [0.3, 0.4) is 0 Å². The van der Waals surface area contributed by atoms with Crippen molar-refractivity contribution in [3.63, 3.8) is 0 Å². The van der Waals surface area contributed by atoms with Crippen molar-refractivity contribution in [2.24, 2.45) is 0 Å². The monoisotopic (exact) mass is 377 g/mol. The van der Waals surface area contributed by atoms with Crippen LogP contribution >= 0.6 is 0 Å². The van der Waals surface area contributed by atoms with E-state index in [4.69, 9.17) is 0 Å². The van der Waals surface area contributed by atoms with Crippen molar-refractivity contribution in [1.29, 1.82) is 0 Å². The van der Waals surface area contributed by atoms with Gasteiger partial charge >= 0.3 is 0 Å². The molecule has 0 bridgehead atoms. The number of fused-ring (bicyclic) bond motifs is 1. The Balaban J connectivity index is 1.51. The lowest BCUT2D eigenvalue weighted by Gasteiger charge is -2.48. The van der Waals surface area contributed by atoms with Crippen LogP contribution in [0.4, 0.5) is 0 Å². The van der Waals surface area contributed by atoms with Gasteiger partial charge in [-0.15, -0.1) is 0 Å². The summed E-state index contributed by atoms with van der Waals surface area (Å²) in [5.41, 5.74) is 1.62. The van der Waals surface area contributed by atoms with Crippen LogP contribution in [-0.4, -0.2) is 71.2 Å². The molecule has 0 aliphatic carbocycles. The average molecular weight is 377 g/mol. The molecule has 0 radical (unpaired) electrons. The maximum absolute atomic E-state index is 13.1. The predicted molar refractivity (Wildman–Crippen MR) is 105 cm³/mol. The number of amides is 3. The number of hydrogen-bond acceptors (Lipinski definition) is 3. The van der Waals surface area contributed by atoms with Gasteiger partial charge in [-0.3, -0.25) is 14.4 Å². The number of nitrogens with zero attached hydrogens (tertiary/aromatic N) is 3. The highest BCUT2D eigenvalue weighted by Gasteiger charge is 2.47. The molecule has 3 amide bonds. The fraction of sp³-hybridized carbons (Fsp3) is 0.318. The maximum atomic E-state index is 13.1. The fourth-order valence-electron chi connectivity index (χ4n) is 4.01. The molecular weight excluding hydrogens is 354 g/mol. The second-order valence-corrected chi connectivity index (χ2v) is 7.32. The Kier molecular flexibility index (Phi) is 4.86. The molecule has 2 aliphatic rings. The van der Waals surface area contributed by atoms with E-state index in [1.807, 2.05) is 48.5 Å². The number of hydrogen-bond donors (Lipinski definition) is 0. The minimum absolute atomic E-state index is 0.0391. The van der Waals surface area contributed by atoms with Gasteiger partial charge in [0.05, 0.1) is 6.54 Å². The predicted octanol–water partition coefficient (Wildman–Crippen LogP) is 1.42. The van der Waals surface area contributed by atoms with Crippen molar-refractivity contribution < 1.29 is 14.4 Å². The van der Waals surface area contributed by atoms with E-state index in [-0.39, 0.29) is 24.3 Å². The summed E-state index contributed by atoms with van der Waals surface area (Å²) in [5, 5.41) is 0. The van der Waals surface area contributed by atoms with Gasteiger partial charge in [0.25, 0.3) is 5.91 Å². The van der Waals surface area contributed by atoms with Crippen LogP contribution in [0.2, 0.25) is 0 Å². The summed E-state index contributed by atoms with van der Waals surface area (Å²) >= 11 is 0. The summed E-state index contributed by atoms with van der Waals surface area (Å²) in [6.07, 6.45) is 0.498. The summed E-state index contributed by atoms with van der Waals surface area (Å²) < 4.78 is 0. The third kappa shape index (κ3) is 3.26. The van der Waals surface area contributed by atoms with E-state index in [9.17, 15) is 14.4 Å². The van der Waals surface area contributed by atoms with Gasteiger partial charge in [0, 0.05) is 32.1 Å². The summed E-state index contributed by atoms with van der Waals surface area (Å²) in [5.74, 6) is -0.247. The summed E-state index contributed by atoms with van der Waals surface area (Å²) in [4.78, 5) is 43.7. The Hall–Kier alpha value is -3.15. The minimum Gasteiger partial charge on any atom is -0.334 e. The van der Waals surface area contributed by atoms with Crippen molar-refractivity contribution in [3.8, 4) is 0 Å². The lowest BCUT2D eigenvalue weighted by molar-refractivity contribution is -0.163. The molecule has 2 atom stereocenters. The van der Waals surface area contributed by atoms with Gasteiger partial charge in [0.15, 0.2) is 0 Å². The minimum atomic E-state index is -0.606. The topological polar surface area (TPSA) is 60.9 Å². The number of likely N-dealkylation sites (N-methyl/N-ethyl adjacent to an activating group) is 1. The molecule has 0 saturated carbocycles.